The van der Waals surface area contributed by atoms with Crippen LogP contribution in [-0.2, 0) is 4.79 Å². The van der Waals surface area contributed by atoms with Gasteiger partial charge in [-0.2, -0.15) is 11.8 Å². The van der Waals surface area contributed by atoms with Crippen LogP contribution in [0.25, 0.3) is 0 Å². The molecule has 98 valence electrons. The molecule has 1 aromatic rings. The lowest BCUT2D eigenvalue weighted by molar-refractivity contribution is -0.139. The lowest BCUT2D eigenvalue weighted by Gasteiger charge is -2.13. The summed E-state index contributed by atoms with van der Waals surface area (Å²) in [5.41, 5.74) is 0.398. The van der Waals surface area contributed by atoms with Crippen molar-refractivity contribution in [3.63, 3.8) is 0 Å². The van der Waals surface area contributed by atoms with E-state index in [0.717, 1.165) is 0 Å². The molecule has 4 nitrogen and oxygen atoms in total. The van der Waals surface area contributed by atoms with Crippen molar-refractivity contribution < 1.29 is 14.7 Å². The van der Waals surface area contributed by atoms with E-state index in [1.54, 1.807) is 36.0 Å². The van der Waals surface area contributed by atoms with Crippen molar-refractivity contribution >= 4 is 35.2 Å². The smallest absolute Gasteiger partial charge is 0.326 e. The minimum atomic E-state index is -1.02. The number of nitrogens with one attached hydrogen (secondary N) is 1. The first-order chi connectivity index (χ1) is 8.54. The standard InChI is InChI=1S/C12H14ClNO3S/c1-18-7-6-10(12(16)17)14-11(15)8-2-4-9(13)5-3-8/h2-5,10H,6-7H2,1H3,(H,14,15)(H,16,17)/t10-/m0/s1. The quantitative estimate of drug-likeness (QED) is 0.842. The number of rotatable bonds is 6. The summed E-state index contributed by atoms with van der Waals surface area (Å²) in [5.74, 6) is -0.746. The van der Waals surface area contributed by atoms with Crippen LogP contribution in [0.1, 0.15) is 16.8 Å². The van der Waals surface area contributed by atoms with Crippen LogP contribution >= 0.6 is 23.4 Å². The first kappa shape index (κ1) is 14.9. The molecule has 0 spiro atoms. The zero-order valence-electron chi connectivity index (χ0n) is 9.85. The van der Waals surface area contributed by atoms with Gasteiger partial charge in [-0.25, -0.2) is 4.79 Å². The summed E-state index contributed by atoms with van der Waals surface area (Å²) in [6.45, 7) is 0. The number of thioether (sulfide) groups is 1. The SMILES string of the molecule is CSCC[C@H](NC(=O)c1ccc(Cl)cc1)C(=O)O. The van der Waals surface area contributed by atoms with Crippen molar-refractivity contribution in [2.45, 2.75) is 12.5 Å². The highest BCUT2D eigenvalue weighted by molar-refractivity contribution is 7.98. The highest BCUT2D eigenvalue weighted by atomic mass is 35.5. The van der Waals surface area contributed by atoms with Crippen molar-refractivity contribution in [2.24, 2.45) is 0 Å². The van der Waals surface area contributed by atoms with Gasteiger partial charge < -0.3 is 10.4 Å². The number of carboxylic acid groups (broad SMARTS) is 1. The number of carbonyl (C=O) groups is 2. The summed E-state index contributed by atoms with van der Waals surface area (Å²) >= 11 is 7.25. The van der Waals surface area contributed by atoms with E-state index in [-0.39, 0.29) is 0 Å². The summed E-state index contributed by atoms with van der Waals surface area (Å²) in [6.07, 6.45) is 2.29. The lowest BCUT2D eigenvalue weighted by atomic mass is 10.1. The minimum absolute atomic E-state index is 0.398. The van der Waals surface area contributed by atoms with Crippen molar-refractivity contribution in [3.05, 3.63) is 34.9 Å². The Balaban J connectivity index is 2.66. The number of amides is 1. The topological polar surface area (TPSA) is 66.4 Å². The van der Waals surface area contributed by atoms with Crippen LogP contribution in [-0.4, -0.2) is 35.0 Å². The number of aliphatic carboxylic acids is 1. The molecule has 1 rings (SSSR count). The Morgan fingerprint density at radius 3 is 2.50 bits per heavy atom. The van der Waals surface area contributed by atoms with E-state index in [4.69, 9.17) is 16.7 Å². The number of hydrogen-bond donors (Lipinski definition) is 2. The molecule has 0 radical (unpaired) electrons. The average Bonchev–Trinajstić information content (AvgIpc) is 2.34. The highest BCUT2D eigenvalue weighted by Gasteiger charge is 2.19. The Morgan fingerprint density at radius 2 is 2.00 bits per heavy atom. The molecule has 0 aliphatic rings. The summed E-state index contributed by atoms with van der Waals surface area (Å²) < 4.78 is 0. The van der Waals surface area contributed by atoms with Gasteiger partial charge in [-0.1, -0.05) is 11.6 Å². The molecule has 2 N–H and O–H groups in total. The van der Waals surface area contributed by atoms with Gasteiger partial charge in [0, 0.05) is 10.6 Å². The Hall–Kier alpha value is -1.20. The molecule has 0 bridgehead atoms. The van der Waals surface area contributed by atoms with Gasteiger partial charge in [-0.05, 0) is 42.7 Å². The third-order valence-corrected chi connectivity index (χ3v) is 3.22. The van der Waals surface area contributed by atoms with E-state index in [1.165, 1.54) is 0 Å². The second kappa shape index (κ2) is 7.28. The zero-order chi connectivity index (χ0) is 13.5. The van der Waals surface area contributed by atoms with Gasteiger partial charge in [0.2, 0.25) is 0 Å². The Kier molecular flexibility index (Phi) is 6.01. The van der Waals surface area contributed by atoms with Crippen LogP contribution < -0.4 is 5.32 Å². The molecule has 0 heterocycles. The second-order valence-electron chi connectivity index (χ2n) is 3.65. The second-order valence-corrected chi connectivity index (χ2v) is 5.07. The number of carboxylic acids is 1. The maximum atomic E-state index is 11.8. The molecule has 1 amide bonds. The van der Waals surface area contributed by atoms with Crippen molar-refractivity contribution in [1.29, 1.82) is 0 Å². The van der Waals surface area contributed by atoms with Gasteiger partial charge >= 0.3 is 5.97 Å². The molecule has 6 heteroatoms. The van der Waals surface area contributed by atoms with E-state index >= 15 is 0 Å². The van der Waals surface area contributed by atoms with E-state index in [0.29, 0.717) is 22.8 Å². The fourth-order valence-corrected chi connectivity index (χ4v) is 1.93. The van der Waals surface area contributed by atoms with Gasteiger partial charge in [-0.3, -0.25) is 4.79 Å². The van der Waals surface area contributed by atoms with Gasteiger partial charge in [0.15, 0.2) is 0 Å². The molecule has 0 unspecified atom stereocenters. The third kappa shape index (κ3) is 4.58. The summed E-state index contributed by atoms with van der Waals surface area (Å²) in [4.78, 5) is 22.8. The molecule has 0 saturated heterocycles. The molecular formula is C12H14ClNO3S. The third-order valence-electron chi connectivity index (χ3n) is 2.32. The maximum absolute atomic E-state index is 11.8. The minimum Gasteiger partial charge on any atom is -0.480 e. The van der Waals surface area contributed by atoms with Crippen LogP contribution in [0.5, 0.6) is 0 Å². The van der Waals surface area contributed by atoms with E-state index in [2.05, 4.69) is 5.32 Å². The predicted molar refractivity (Wildman–Crippen MR) is 73.3 cm³/mol. The van der Waals surface area contributed by atoms with Gasteiger partial charge in [0.05, 0.1) is 0 Å². The molecule has 18 heavy (non-hydrogen) atoms. The van der Waals surface area contributed by atoms with E-state index in [9.17, 15) is 9.59 Å². The molecule has 0 saturated carbocycles. The first-order valence-electron chi connectivity index (χ1n) is 5.32. The molecule has 0 aromatic heterocycles. The number of benzene rings is 1. The first-order valence-corrected chi connectivity index (χ1v) is 7.10. The molecule has 0 fully saturated rings. The van der Waals surface area contributed by atoms with Gasteiger partial charge in [-0.15, -0.1) is 0 Å². The van der Waals surface area contributed by atoms with Crippen LogP contribution in [0.4, 0.5) is 0 Å². The fraction of sp³-hybridized carbons (Fsp3) is 0.333. The monoisotopic (exact) mass is 287 g/mol. The Bertz CT molecular complexity index is 422. The summed E-state index contributed by atoms with van der Waals surface area (Å²) in [7, 11) is 0. The Morgan fingerprint density at radius 1 is 1.39 bits per heavy atom. The van der Waals surface area contributed by atoms with Crippen molar-refractivity contribution in [3.8, 4) is 0 Å². The maximum Gasteiger partial charge on any atom is 0.326 e. The number of halogens is 1. The largest absolute Gasteiger partial charge is 0.480 e. The van der Waals surface area contributed by atoms with Crippen molar-refractivity contribution in [1.82, 2.24) is 5.32 Å². The molecule has 1 atom stereocenters. The van der Waals surface area contributed by atoms with Crippen molar-refractivity contribution in [2.75, 3.05) is 12.0 Å². The summed E-state index contributed by atoms with van der Waals surface area (Å²) in [5, 5.41) is 12.0. The molecular weight excluding hydrogens is 274 g/mol. The highest BCUT2D eigenvalue weighted by Crippen LogP contribution is 2.10. The van der Waals surface area contributed by atoms with Gasteiger partial charge in [0.1, 0.15) is 6.04 Å². The predicted octanol–water partition coefficient (Wildman–Crippen LogP) is 2.28. The molecule has 1 aromatic carbocycles. The summed E-state index contributed by atoms with van der Waals surface area (Å²) in [6, 6.07) is 5.44. The van der Waals surface area contributed by atoms with Crippen LogP contribution in [0, 0.1) is 0 Å². The molecule has 0 aliphatic heterocycles. The zero-order valence-corrected chi connectivity index (χ0v) is 11.4. The number of carbonyl (C=O) groups excluding carboxylic acids is 1. The van der Waals surface area contributed by atoms with Gasteiger partial charge in [0.25, 0.3) is 5.91 Å². The lowest BCUT2D eigenvalue weighted by Crippen LogP contribution is -2.41. The average molecular weight is 288 g/mol. The normalized spacial score (nSPS) is 11.9. The molecule has 0 aliphatic carbocycles. The fourth-order valence-electron chi connectivity index (χ4n) is 1.34. The van der Waals surface area contributed by atoms with Crippen LogP contribution in [0.15, 0.2) is 24.3 Å². The van der Waals surface area contributed by atoms with Crippen LogP contribution in [0.3, 0.4) is 0 Å². The Labute approximate surface area is 115 Å². The number of hydrogen-bond acceptors (Lipinski definition) is 3. The van der Waals surface area contributed by atoms with E-state index < -0.39 is 17.9 Å². The van der Waals surface area contributed by atoms with E-state index in [1.807, 2.05) is 6.26 Å². The van der Waals surface area contributed by atoms with Crippen LogP contribution in [0.2, 0.25) is 5.02 Å².